The quantitative estimate of drug-likeness (QED) is 0.248. The van der Waals surface area contributed by atoms with Crippen molar-refractivity contribution in [2.24, 2.45) is 0 Å². The number of carbonyl (C=O) groups excluding carboxylic acids is 3. The first-order valence-electron chi connectivity index (χ1n) is 10.1. The molecule has 2 amide bonds. The van der Waals surface area contributed by atoms with E-state index < -0.39 is 34.4 Å². The Morgan fingerprint density at radius 1 is 1.03 bits per heavy atom. The molecule has 1 heterocycles. The van der Waals surface area contributed by atoms with Crippen LogP contribution in [0.1, 0.15) is 47.1 Å². The van der Waals surface area contributed by atoms with E-state index in [-0.39, 0.29) is 37.9 Å². The lowest BCUT2D eigenvalue weighted by Gasteiger charge is -2.09. The first-order valence-corrected chi connectivity index (χ1v) is 10.9. The zero-order chi connectivity index (χ0) is 26.8. The van der Waals surface area contributed by atoms with Crippen LogP contribution in [0.2, 0.25) is 0 Å². The van der Waals surface area contributed by atoms with Crippen LogP contribution in [0.25, 0.3) is 0 Å². The summed E-state index contributed by atoms with van der Waals surface area (Å²) in [6.07, 6.45) is -4.61. The second-order valence-corrected chi connectivity index (χ2v) is 8.52. The van der Waals surface area contributed by atoms with E-state index in [1.165, 1.54) is 32.0 Å². The van der Waals surface area contributed by atoms with E-state index in [4.69, 9.17) is 4.74 Å². The number of esters is 1. The topological polar surface area (TPSA) is 128 Å². The summed E-state index contributed by atoms with van der Waals surface area (Å²) >= 11 is 0.703. The second kappa shape index (κ2) is 10.2. The van der Waals surface area contributed by atoms with Crippen LogP contribution in [0.15, 0.2) is 42.5 Å². The van der Waals surface area contributed by atoms with Gasteiger partial charge in [-0.05, 0) is 43.7 Å². The summed E-state index contributed by atoms with van der Waals surface area (Å²) in [5.41, 5.74) is -1.10. The molecule has 3 aromatic rings. The van der Waals surface area contributed by atoms with Crippen molar-refractivity contribution in [2.75, 3.05) is 17.7 Å². The van der Waals surface area contributed by atoms with Gasteiger partial charge in [0.05, 0.1) is 28.0 Å². The average Bonchev–Trinajstić information content (AvgIpc) is 3.13. The largest absolute Gasteiger partial charge is 0.465 e. The maximum absolute atomic E-state index is 13.0. The Labute approximate surface area is 206 Å². The van der Waals surface area contributed by atoms with Gasteiger partial charge in [0.1, 0.15) is 5.00 Å². The fraction of sp³-hybridized carbons (Fsp3) is 0.174. The summed E-state index contributed by atoms with van der Waals surface area (Å²) < 4.78 is 43.7. The van der Waals surface area contributed by atoms with Gasteiger partial charge in [-0.3, -0.25) is 19.7 Å². The van der Waals surface area contributed by atoms with Crippen LogP contribution < -0.4 is 10.6 Å². The minimum atomic E-state index is -4.61. The number of nitro benzene ring substituents is 1. The summed E-state index contributed by atoms with van der Waals surface area (Å²) in [7, 11) is 1.09. The van der Waals surface area contributed by atoms with Crippen LogP contribution >= 0.6 is 11.3 Å². The van der Waals surface area contributed by atoms with Gasteiger partial charge in [-0.1, -0.05) is 12.1 Å². The SMILES string of the molecule is COC(=O)c1c(NC(=O)c2ccc(C)c([N+](=O)[O-])c2)sc(C(=O)Nc2cccc(C(F)(F)F)c2)c1C. The fourth-order valence-corrected chi connectivity index (χ4v) is 4.33. The predicted molar refractivity (Wildman–Crippen MR) is 126 cm³/mol. The molecule has 0 bridgehead atoms. The highest BCUT2D eigenvalue weighted by atomic mass is 32.1. The third-order valence-electron chi connectivity index (χ3n) is 5.09. The van der Waals surface area contributed by atoms with Gasteiger partial charge in [0, 0.05) is 22.9 Å². The number of anilines is 2. The van der Waals surface area contributed by atoms with E-state index in [0.29, 0.717) is 16.9 Å². The molecule has 0 fully saturated rings. The van der Waals surface area contributed by atoms with Crippen molar-refractivity contribution in [1.29, 1.82) is 0 Å². The summed E-state index contributed by atoms with van der Waals surface area (Å²) in [5.74, 6) is -2.46. The molecule has 2 aromatic carbocycles. The van der Waals surface area contributed by atoms with Crippen LogP contribution in [-0.4, -0.2) is 29.8 Å². The third kappa shape index (κ3) is 5.51. The number of hydrogen-bond acceptors (Lipinski definition) is 7. The molecule has 188 valence electrons. The standard InChI is InChI=1S/C23H18F3N3O6S/c1-11-7-8-13(9-16(11)29(33)34)19(30)28-21-17(22(32)35-3)12(2)18(36-21)20(31)27-15-6-4-5-14(10-15)23(24,25)26/h4-10H,1-3H3,(H,27,31)(H,28,30). The lowest BCUT2D eigenvalue weighted by Crippen LogP contribution is -2.15. The number of carbonyl (C=O) groups is 3. The summed E-state index contributed by atoms with van der Waals surface area (Å²) in [4.78, 5) is 48.5. The number of nitro groups is 1. The molecule has 0 saturated carbocycles. The Morgan fingerprint density at radius 2 is 1.72 bits per heavy atom. The molecular weight excluding hydrogens is 503 g/mol. The number of thiophene rings is 1. The van der Waals surface area contributed by atoms with Crippen molar-refractivity contribution >= 4 is 45.5 Å². The van der Waals surface area contributed by atoms with Gasteiger partial charge in [0.15, 0.2) is 0 Å². The maximum Gasteiger partial charge on any atom is 0.416 e. The molecule has 0 atom stereocenters. The zero-order valence-electron chi connectivity index (χ0n) is 19.0. The van der Waals surface area contributed by atoms with Gasteiger partial charge in [-0.25, -0.2) is 4.79 Å². The molecule has 0 aliphatic heterocycles. The molecule has 0 unspecified atom stereocenters. The number of halogens is 3. The monoisotopic (exact) mass is 521 g/mol. The average molecular weight is 521 g/mol. The van der Waals surface area contributed by atoms with Gasteiger partial charge >= 0.3 is 12.1 Å². The molecule has 9 nitrogen and oxygen atoms in total. The van der Waals surface area contributed by atoms with Crippen molar-refractivity contribution < 1.29 is 37.2 Å². The van der Waals surface area contributed by atoms with Crippen LogP contribution in [0.3, 0.4) is 0 Å². The number of rotatable bonds is 6. The summed E-state index contributed by atoms with van der Waals surface area (Å²) in [5, 5.41) is 15.9. The Bertz CT molecular complexity index is 1380. The number of hydrogen-bond donors (Lipinski definition) is 2. The molecule has 0 aliphatic rings. The highest BCUT2D eigenvalue weighted by Gasteiger charge is 2.31. The molecule has 36 heavy (non-hydrogen) atoms. The maximum atomic E-state index is 13.0. The van der Waals surface area contributed by atoms with E-state index in [1.54, 1.807) is 0 Å². The molecule has 0 radical (unpaired) electrons. The van der Waals surface area contributed by atoms with Crippen LogP contribution in [-0.2, 0) is 10.9 Å². The normalized spacial score (nSPS) is 11.1. The molecule has 0 aliphatic carbocycles. The van der Waals surface area contributed by atoms with Gasteiger partial charge in [-0.15, -0.1) is 11.3 Å². The number of nitrogens with one attached hydrogen (secondary N) is 2. The molecular formula is C23H18F3N3O6S. The van der Waals surface area contributed by atoms with E-state index >= 15 is 0 Å². The highest BCUT2D eigenvalue weighted by molar-refractivity contribution is 7.19. The minimum absolute atomic E-state index is 0.0574. The number of nitrogens with zero attached hydrogens (tertiary/aromatic N) is 1. The van der Waals surface area contributed by atoms with E-state index in [2.05, 4.69) is 10.6 Å². The van der Waals surface area contributed by atoms with Crippen molar-refractivity contribution in [3.05, 3.63) is 85.3 Å². The molecule has 13 heteroatoms. The van der Waals surface area contributed by atoms with Gasteiger partial charge in [0.2, 0.25) is 0 Å². The smallest absolute Gasteiger partial charge is 0.416 e. The molecule has 0 saturated heterocycles. The van der Waals surface area contributed by atoms with Crippen molar-refractivity contribution in [3.63, 3.8) is 0 Å². The summed E-state index contributed by atoms with van der Waals surface area (Å²) in [6, 6.07) is 7.83. The Balaban J connectivity index is 1.95. The summed E-state index contributed by atoms with van der Waals surface area (Å²) in [6.45, 7) is 2.92. The lowest BCUT2D eigenvalue weighted by molar-refractivity contribution is -0.385. The number of alkyl halides is 3. The Hall–Kier alpha value is -4.26. The van der Waals surface area contributed by atoms with Gasteiger partial charge < -0.3 is 15.4 Å². The Kier molecular flexibility index (Phi) is 7.43. The van der Waals surface area contributed by atoms with E-state index in [0.717, 1.165) is 31.4 Å². The zero-order valence-corrected chi connectivity index (χ0v) is 19.8. The third-order valence-corrected chi connectivity index (χ3v) is 6.29. The number of ether oxygens (including phenoxy) is 1. The van der Waals surface area contributed by atoms with Crippen LogP contribution in [0.5, 0.6) is 0 Å². The van der Waals surface area contributed by atoms with Crippen LogP contribution in [0.4, 0.5) is 29.5 Å². The number of amides is 2. The van der Waals surface area contributed by atoms with Gasteiger partial charge in [-0.2, -0.15) is 13.2 Å². The number of benzene rings is 2. The van der Waals surface area contributed by atoms with Gasteiger partial charge in [0.25, 0.3) is 17.5 Å². The molecule has 2 N–H and O–H groups in total. The second-order valence-electron chi connectivity index (χ2n) is 7.50. The van der Waals surface area contributed by atoms with E-state index in [9.17, 15) is 37.7 Å². The van der Waals surface area contributed by atoms with Crippen molar-refractivity contribution in [1.82, 2.24) is 0 Å². The Morgan fingerprint density at radius 3 is 2.33 bits per heavy atom. The number of methoxy groups -OCH3 is 1. The first-order chi connectivity index (χ1) is 16.8. The van der Waals surface area contributed by atoms with E-state index in [1.807, 2.05) is 0 Å². The lowest BCUT2D eigenvalue weighted by atomic mass is 10.1. The molecule has 0 spiro atoms. The molecule has 3 rings (SSSR count). The molecule has 1 aromatic heterocycles. The highest BCUT2D eigenvalue weighted by Crippen LogP contribution is 2.35. The number of aryl methyl sites for hydroxylation is 1. The van der Waals surface area contributed by atoms with Crippen molar-refractivity contribution in [2.45, 2.75) is 20.0 Å². The minimum Gasteiger partial charge on any atom is -0.465 e. The van der Waals surface area contributed by atoms with Crippen LogP contribution in [0, 0.1) is 24.0 Å². The van der Waals surface area contributed by atoms with Crippen molar-refractivity contribution in [3.8, 4) is 0 Å². The first kappa shape index (κ1) is 26.3. The predicted octanol–water partition coefficient (Wildman–Crippen LogP) is 5.58. The fourth-order valence-electron chi connectivity index (χ4n) is 3.25.